The molecule has 0 bridgehead atoms. The maximum absolute atomic E-state index is 6.33. The molecule has 3 aromatic rings. The fourth-order valence-corrected chi connectivity index (χ4v) is 4.39. The predicted octanol–water partition coefficient (Wildman–Crippen LogP) is 4.36. The number of hydrogen-bond acceptors (Lipinski definition) is 3. The summed E-state index contributed by atoms with van der Waals surface area (Å²) >= 11 is 5.29. The lowest BCUT2D eigenvalue weighted by Gasteiger charge is -2.24. The minimum absolute atomic E-state index is 0.0125. The largest absolute Gasteiger partial charge is 0.326 e. The van der Waals surface area contributed by atoms with Gasteiger partial charge in [0.2, 0.25) is 0 Å². The molecule has 1 aromatic carbocycles. The van der Waals surface area contributed by atoms with Gasteiger partial charge in [0.1, 0.15) is 5.82 Å². The highest BCUT2D eigenvalue weighted by Crippen LogP contribution is 2.34. The maximum atomic E-state index is 6.33. The molecule has 3 nitrogen and oxygen atoms in total. The van der Waals surface area contributed by atoms with Crippen LogP contribution >= 0.6 is 27.3 Å². The Labute approximate surface area is 136 Å². The minimum atomic E-state index is 0.0125. The number of fused-ring (bicyclic) bond motifs is 1. The van der Waals surface area contributed by atoms with E-state index in [4.69, 9.17) is 10.7 Å². The summed E-state index contributed by atoms with van der Waals surface area (Å²) in [5.74, 6) is 1.09. The second-order valence-electron chi connectivity index (χ2n) is 5.19. The van der Waals surface area contributed by atoms with Gasteiger partial charge in [-0.15, -0.1) is 11.3 Å². The Morgan fingerprint density at radius 3 is 2.67 bits per heavy atom. The van der Waals surface area contributed by atoms with Crippen molar-refractivity contribution in [1.82, 2.24) is 9.55 Å². The third-order valence-corrected chi connectivity index (χ3v) is 5.34. The van der Waals surface area contributed by atoms with E-state index in [-0.39, 0.29) is 12.1 Å². The highest BCUT2D eigenvalue weighted by atomic mass is 79.9. The number of aryl methyl sites for hydroxylation is 1. The molecule has 0 radical (unpaired) electrons. The number of imidazole rings is 1. The standard InChI is InChI=1S/C16H18BrN3S/c1-3-15-19-11-6-4-5-7-12(11)20(15)16(10(2)18)13-8-9-14(17)21-13/h4-10,16H,3,18H2,1-2H3. The molecular formula is C16H18BrN3S. The van der Waals surface area contributed by atoms with Crippen molar-refractivity contribution in [2.45, 2.75) is 32.4 Å². The van der Waals surface area contributed by atoms with Gasteiger partial charge in [-0.1, -0.05) is 19.1 Å². The van der Waals surface area contributed by atoms with Crippen LogP contribution in [0.5, 0.6) is 0 Å². The van der Waals surface area contributed by atoms with Gasteiger partial charge < -0.3 is 10.3 Å². The van der Waals surface area contributed by atoms with E-state index in [1.54, 1.807) is 11.3 Å². The number of aromatic nitrogens is 2. The molecule has 5 heteroatoms. The first-order valence-electron chi connectivity index (χ1n) is 7.08. The fraction of sp³-hybridized carbons (Fsp3) is 0.312. The Kier molecular flexibility index (Phi) is 4.15. The molecule has 2 atom stereocenters. The van der Waals surface area contributed by atoms with Gasteiger partial charge in [-0.25, -0.2) is 4.98 Å². The maximum Gasteiger partial charge on any atom is 0.110 e. The number of thiophene rings is 1. The van der Waals surface area contributed by atoms with E-state index in [1.807, 2.05) is 6.07 Å². The summed E-state index contributed by atoms with van der Waals surface area (Å²) in [5, 5.41) is 0. The van der Waals surface area contributed by atoms with Crippen LogP contribution in [0.25, 0.3) is 11.0 Å². The van der Waals surface area contributed by atoms with Crippen molar-refractivity contribution in [3.63, 3.8) is 0 Å². The van der Waals surface area contributed by atoms with Crippen LogP contribution in [0.1, 0.15) is 30.6 Å². The van der Waals surface area contributed by atoms with E-state index < -0.39 is 0 Å². The summed E-state index contributed by atoms with van der Waals surface area (Å²) in [7, 11) is 0. The molecule has 0 saturated carbocycles. The Bertz CT molecular complexity index is 760. The van der Waals surface area contributed by atoms with Crippen molar-refractivity contribution < 1.29 is 0 Å². The number of nitrogens with zero attached hydrogens (tertiary/aromatic N) is 2. The smallest absolute Gasteiger partial charge is 0.110 e. The summed E-state index contributed by atoms with van der Waals surface area (Å²) < 4.78 is 3.43. The first-order chi connectivity index (χ1) is 10.1. The van der Waals surface area contributed by atoms with Crippen LogP contribution in [-0.4, -0.2) is 15.6 Å². The van der Waals surface area contributed by atoms with Gasteiger partial charge in [0.25, 0.3) is 0 Å². The van der Waals surface area contributed by atoms with Crippen LogP contribution in [0.15, 0.2) is 40.2 Å². The molecule has 2 unspecified atom stereocenters. The molecule has 0 fully saturated rings. The Hall–Kier alpha value is -1.17. The lowest BCUT2D eigenvalue weighted by atomic mass is 10.1. The van der Waals surface area contributed by atoms with Crippen molar-refractivity contribution in [3.05, 3.63) is 50.9 Å². The van der Waals surface area contributed by atoms with Crippen molar-refractivity contribution in [1.29, 1.82) is 0 Å². The zero-order chi connectivity index (χ0) is 15.0. The lowest BCUT2D eigenvalue weighted by Crippen LogP contribution is -2.30. The number of nitrogens with two attached hydrogens (primary N) is 1. The van der Waals surface area contributed by atoms with E-state index in [2.05, 4.69) is 64.7 Å². The first-order valence-corrected chi connectivity index (χ1v) is 8.69. The number of hydrogen-bond donors (Lipinski definition) is 1. The Balaban J connectivity index is 2.24. The molecule has 0 spiro atoms. The van der Waals surface area contributed by atoms with E-state index in [1.165, 1.54) is 4.88 Å². The molecular weight excluding hydrogens is 346 g/mol. The third-order valence-electron chi connectivity index (χ3n) is 3.65. The summed E-state index contributed by atoms with van der Waals surface area (Å²) in [6.45, 7) is 4.20. The lowest BCUT2D eigenvalue weighted by molar-refractivity contribution is 0.499. The zero-order valence-corrected chi connectivity index (χ0v) is 14.5. The second kappa shape index (κ2) is 5.91. The highest BCUT2D eigenvalue weighted by Gasteiger charge is 2.24. The van der Waals surface area contributed by atoms with Gasteiger partial charge in [0, 0.05) is 17.3 Å². The van der Waals surface area contributed by atoms with Gasteiger partial charge in [0.05, 0.1) is 20.9 Å². The number of halogens is 1. The Morgan fingerprint density at radius 1 is 1.29 bits per heavy atom. The van der Waals surface area contributed by atoms with Crippen LogP contribution in [0.3, 0.4) is 0 Å². The summed E-state index contributed by atoms with van der Waals surface area (Å²) in [4.78, 5) is 6.03. The Morgan fingerprint density at radius 2 is 2.05 bits per heavy atom. The quantitative estimate of drug-likeness (QED) is 0.748. The zero-order valence-electron chi connectivity index (χ0n) is 12.1. The summed E-state index contributed by atoms with van der Waals surface area (Å²) in [5.41, 5.74) is 8.52. The minimum Gasteiger partial charge on any atom is -0.326 e. The molecule has 3 rings (SSSR count). The van der Waals surface area contributed by atoms with Gasteiger partial charge in [-0.3, -0.25) is 0 Å². The summed E-state index contributed by atoms with van der Waals surface area (Å²) in [6.07, 6.45) is 0.893. The average molecular weight is 364 g/mol. The van der Waals surface area contributed by atoms with Crippen LogP contribution in [0, 0.1) is 0 Å². The molecule has 21 heavy (non-hydrogen) atoms. The monoisotopic (exact) mass is 363 g/mol. The van der Waals surface area contributed by atoms with Crippen molar-refractivity contribution in [2.75, 3.05) is 0 Å². The molecule has 2 aromatic heterocycles. The molecule has 0 saturated heterocycles. The fourth-order valence-electron chi connectivity index (χ4n) is 2.76. The SMILES string of the molecule is CCc1nc2ccccc2n1C(c1ccc(Br)s1)C(C)N. The molecule has 0 aliphatic heterocycles. The third kappa shape index (κ3) is 2.65. The molecule has 2 heterocycles. The number of para-hydroxylation sites is 2. The van der Waals surface area contributed by atoms with E-state index in [9.17, 15) is 0 Å². The summed E-state index contributed by atoms with van der Waals surface area (Å²) in [6, 6.07) is 12.6. The molecule has 2 N–H and O–H groups in total. The molecule has 110 valence electrons. The van der Waals surface area contributed by atoms with E-state index in [0.717, 1.165) is 27.1 Å². The van der Waals surface area contributed by atoms with Crippen molar-refractivity contribution in [3.8, 4) is 0 Å². The predicted molar refractivity (Wildman–Crippen MR) is 92.9 cm³/mol. The topological polar surface area (TPSA) is 43.8 Å². The average Bonchev–Trinajstić information content (AvgIpc) is 3.04. The van der Waals surface area contributed by atoms with Crippen LogP contribution in [0.4, 0.5) is 0 Å². The molecule has 0 aliphatic carbocycles. The second-order valence-corrected chi connectivity index (χ2v) is 7.68. The van der Waals surface area contributed by atoms with Crippen LogP contribution in [-0.2, 0) is 6.42 Å². The van der Waals surface area contributed by atoms with Crippen LogP contribution in [0.2, 0.25) is 0 Å². The van der Waals surface area contributed by atoms with Crippen molar-refractivity contribution >= 4 is 38.3 Å². The number of benzene rings is 1. The van der Waals surface area contributed by atoms with Crippen molar-refractivity contribution in [2.24, 2.45) is 5.73 Å². The molecule has 0 aliphatic rings. The normalized spacial score (nSPS) is 14.5. The van der Waals surface area contributed by atoms with Crippen LogP contribution < -0.4 is 5.73 Å². The van der Waals surface area contributed by atoms with Gasteiger partial charge in [-0.2, -0.15) is 0 Å². The van der Waals surface area contributed by atoms with E-state index in [0.29, 0.717) is 0 Å². The molecule has 0 amide bonds. The first kappa shape index (κ1) is 14.8. The number of rotatable bonds is 4. The van der Waals surface area contributed by atoms with E-state index >= 15 is 0 Å². The van der Waals surface area contributed by atoms with Gasteiger partial charge in [0.15, 0.2) is 0 Å². The van der Waals surface area contributed by atoms with Gasteiger partial charge >= 0.3 is 0 Å². The highest BCUT2D eigenvalue weighted by molar-refractivity contribution is 9.11. The van der Waals surface area contributed by atoms with Gasteiger partial charge in [-0.05, 0) is 47.1 Å².